The predicted octanol–water partition coefficient (Wildman–Crippen LogP) is 6.16. The molecule has 3 aromatic carbocycles. The van der Waals surface area contributed by atoms with E-state index in [0.717, 1.165) is 36.6 Å². The van der Waals surface area contributed by atoms with Gasteiger partial charge in [-0.05, 0) is 61.1 Å². The monoisotopic (exact) mass is 491 g/mol. The molecule has 0 aromatic heterocycles. The van der Waals surface area contributed by atoms with Crippen molar-refractivity contribution in [2.24, 2.45) is 0 Å². The summed E-state index contributed by atoms with van der Waals surface area (Å²) < 4.78 is 67.8. The number of anilines is 1. The van der Waals surface area contributed by atoms with Crippen molar-refractivity contribution in [3.63, 3.8) is 0 Å². The number of hydrogen-bond acceptors (Lipinski definition) is 3. The molecule has 3 aromatic rings. The average Bonchev–Trinajstić information content (AvgIpc) is 2.79. The summed E-state index contributed by atoms with van der Waals surface area (Å²) in [5.74, 6) is -0.969. The van der Waals surface area contributed by atoms with Gasteiger partial charge in [0.25, 0.3) is 10.0 Å². The Kier molecular flexibility index (Phi) is 7.98. The first-order valence-corrected chi connectivity index (χ1v) is 12.2. The quantitative estimate of drug-likeness (QED) is 0.333. The molecule has 9 heteroatoms. The first kappa shape index (κ1) is 25.3. The third-order valence-electron chi connectivity index (χ3n) is 5.38. The van der Waals surface area contributed by atoms with Crippen LogP contribution in [0.25, 0.3) is 0 Å². The van der Waals surface area contributed by atoms with Crippen LogP contribution >= 0.6 is 0 Å². The number of carbonyl (C=O) groups is 1. The van der Waals surface area contributed by atoms with E-state index in [2.05, 4.69) is 4.72 Å². The Morgan fingerprint density at radius 2 is 1.35 bits per heavy atom. The lowest BCUT2D eigenvalue weighted by atomic mass is 9.99. The zero-order valence-corrected chi connectivity index (χ0v) is 19.0. The second kappa shape index (κ2) is 10.7. The summed E-state index contributed by atoms with van der Waals surface area (Å²) >= 11 is 0. The molecule has 0 atom stereocenters. The summed E-state index contributed by atoms with van der Waals surface area (Å²) in [5, 5.41) is 9.27. The van der Waals surface area contributed by atoms with E-state index in [1.807, 2.05) is 0 Å². The third-order valence-corrected chi connectivity index (χ3v) is 6.81. The van der Waals surface area contributed by atoms with E-state index >= 15 is 0 Å². The molecule has 0 aliphatic carbocycles. The number of alkyl halides is 3. The number of aryl methyl sites for hydroxylation is 2. The Balaban J connectivity index is 1.65. The van der Waals surface area contributed by atoms with Crippen molar-refractivity contribution in [3.05, 3.63) is 95.1 Å². The van der Waals surface area contributed by atoms with Crippen LogP contribution in [0.3, 0.4) is 0 Å². The van der Waals surface area contributed by atoms with Gasteiger partial charge in [-0.2, -0.15) is 13.2 Å². The Hall–Kier alpha value is -3.33. The molecule has 0 saturated carbocycles. The molecule has 5 nitrogen and oxygen atoms in total. The molecule has 0 unspecified atom stereocenters. The van der Waals surface area contributed by atoms with Crippen LogP contribution in [0.1, 0.15) is 46.3 Å². The summed E-state index contributed by atoms with van der Waals surface area (Å²) in [4.78, 5) is 10.5. The number of hydrogen-bond donors (Lipinski definition) is 2. The van der Waals surface area contributed by atoms with E-state index in [9.17, 15) is 31.5 Å². The first-order valence-electron chi connectivity index (χ1n) is 10.7. The number of nitrogens with one attached hydrogen (secondary N) is 1. The Bertz CT molecular complexity index is 1260. The number of aromatic carboxylic acids is 1. The molecular formula is C25H24F3NO4S. The van der Waals surface area contributed by atoms with Crippen LogP contribution in [-0.4, -0.2) is 19.5 Å². The normalized spacial score (nSPS) is 11.9. The number of halogens is 3. The average molecular weight is 492 g/mol. The molecule has 0 radical (unpaired) electrons. The van der Waals surface area contributed by atoms with Crippen LogP contribution in [0.15, 0.2) is 77.7 Å². The van der Waals surface area contributed by atoms with E-state index < -0.39 is 32.6 Å². The van der Waals surface area contributed by atoms with Gasteiger partial charge < -0.3 is 5.11 Å². The second-order valence-corrected chi connectivity index (χ2v) is 9.43. The molecule has 180 valence electrons. The van der Waals surface area contributed by atoms with E-state index in [1.165, 1.54) is 12.1 Å². The molecule has 0 heterocycles. The predicted molar refractivity (Wildman–Crippen MR) is 123 cm³/mol. The molecule has 3 rings (SSSR count). The highest BCUT2D eigenvalue weighted by Gasteiger charge is 2.37. The van der Waals surface area contributed by atoms with Crippen molar-refractivity contribution in [1.29, 1.82) is 0 Å². The van der Waals surface area contributed by atoms with Crippen LogP contribution < -0.4 is 4.72 Å². The van der Waals surface area contributed by atoms with E-state index in [0.29, 0.717) is 24.8 Å². The van der Waals surface area contributed by atoms with Gasteiger partial charge in [-0.25, -0.2) is 13.2 Å². The third kappa shape index (κ3) is 6.38. The van der Waals surface area contributed by atoms with Crippen molar-refractivity contribution in [2.75, 3.05) is 4.72 Å². The molecule has 0 bridgehead atoms. The number of unbranched alkanes of at least 4 members (excludes halogenated alkanes) is 2. The fourth-order valence-electron chi connectivity index (χ4n) is 3.73. The molecule has 34 heavy (non-hydrogen) atoms. The van der Waals surface area contributed by atoms with Gasteiger partial charge in [0, 0.05) is 0 Å². The van der Waals surface area contributed by atoms with Crippen molar-refractivity contribution in [3.8, 4) is 0 Å². The summed E-state index contributed by atoms with van der Waals surface area (Å²) in [6.07, 6.45) is -1.47. The number of rotatable bonds is 10. The van der Waals surface area contributed by atoms with Crippen LogP contribution in [0.4, 0.5) is 18.9 Å². The molecule has 0 saturated heterocycles. The number of benzene rings is 3. The van der Waals surface area contributed by atoms with Crippen molar-refractivity contribution in [1.82, 2.24) is 0 Å². The molecule has 0 amide bonds. The maximum Gasteiger partial charge on any atom is 0.417 e. The van der Waals surface area contributed by atoms with Crippen molar-refractivity contribution >= 4 is 21.7 Å². The lowest BCUT2D eigenvalue weighted by Crippen LogP contribution is -2.19. The number of carboxylic acids is 1. The standard InChI is InChI=1S/C25H24F3NO4S/c26-25(27,28)21-15-7-9-17-23(21)34(32,33)29-22-16-8-5-13-19(22)12-3-1-2-10-18-11-4-6-14-20(18)24(30)31/h4-9,11,13-17,29H,1-3,10,12H2,(H,30,31). The second-order valence-electron chi connectivity index (χ2n) is 7.78. The lowest BCUT2D eigenvalue weighted by molar-refractivity contribution is -0.139. The topological polar surface area (TPSA) is 83.5 Å². The maximum absolute atomic E-state index is 13.3. The van der Waals surface area contributed by atoms with Crippen LogP contribution in [0, 0.1) is 0 Å². The Labute approximate surface area is 196 Å². The number of para-hydroxylation sites is 1. The van der Waals surface area contributed by atoms with Gasteiger partial charge >= 0.3 is 12.1 Å². The van der Waals surface area contributed by atoms with E-state index in [4.69, 9.17) is 0 Å². The Morgan fingerprint density at radius 3 is 2.03 bits per heavy atom. The molecule has 2 N–H and O–H groups in total. The van der Waals surface area contributed by atoms with Crippen molar-refractivity contribution < 1.29 is 31.5 Å². The van der Waals surface area contributed by atoms with Gasteiger partial charge in [0.05, 0.1) is 21.7 Å². The van der Waals surface area contributed by atoms with Crippen LogP contribution in [-0.2, 0) is 29.0 Å². The maximum atomic E-state index is 13.3. The molecule has 0 fully saturated rings. The van der Waals surface area contributed by atoms with Gasteiger partial charge in [0.15, 0.2) is 0 Å². The number of sulfonamides is 1. The van der Waals surface area contributed by atoms with Gasteiger partial charge in [-0.15, -0.1) is 0 Å². The lowest BCUT2D eigenvalue weighted by Gasteiger charge is -2.16. The van der Waals surface area contributed by atoms with E-state index in [1.54, 1.807) is 42.5 Å². The SMILES string of the molecule is O=C(O)c1ccccc1CCCCCc1ccccc1NS(=O)(=O)c1ccccc1C(F)(F)F. The highest BCUT2D eigenvalue weighted by atomic mass is 32.2. The van der Waals surface area contributed by atoms with Gasteiger partial charge in [-0.1, -0.05) is 55.0 Å². The molecule has 0 aliphatic heterocycles. The molecule has 0 aliphatic rings. The highest BCUT2D eigenvalue weighted by molar-refractivity contribution is 7.92. The highest BCUT2D eigenvalue weighted by Crippen LogP contribution is 2.35. The summed E-state index contributed by atoms with van der Waals surface area (Å²) in [7, 11) is -4.46. The summed E-state index contributed by atoms with van der Waals surface area (Å²) in [5.41, 5.74) is 0.715. The van der Waals surface area contributed by atoms with E-state index in [-0.39, 0.29) is 11.3 Å². The fourth-order valence-corrected chi connectivity index (χ4v) is 5.06. The van der Waals surface area contributed by atoms with Crippen LogP contribution in [0.5, 0.6) is 0 Å². The van der Waals surface area contributed by atoms with Gasteiger partial charge in [0.1, 0.15) is 0 Å². The first-order chi connectivity index (χ1) is 16.1. The zero-order chi connectivity index (χ0) is 24.8. The Morgan fingerprint density at radius 1 is 0.794 bits per heavy atom. The molecule has 0 spiro atoms. The van der Waals surface area contributed by atoms with Crippen molar-refractivity contribution in [2.45, 2.75) is 43.2 Å². The summed E-state index contributed by atoms with van der Waals surface area (Å²) in [6, 6.07) is 17.5. The van der Waals surface area contributed by atoms with Crippen LogP contribution in [0.2, 0.25) is 0 Å². The molecular weight excluding hydrogens is 467 g/mol. The van der Waals surface area contributed by atoms with Gasteiger partial charge in [0.2, 0.25) is 0 Å². The minimum Gasteiger partial charge on any atom is -0.478 e. The number of carboxylic acid groups (broad SMARTS) is 1. The summed E-state index contributed by atoms with van der Waals surface area (Å²) in [6.45, 7) is 0. The zero-order valence-electron chi connectivity index (χ0n) is 18.2. The van der Waals surface area contributed by atoms with Gasteiger partial charge in [-0.3, -0.25) is 4.72 Å². The fraction of sp³-hybridized carbons (Fsp3) is 0.240. The minimum absolute atomic E-state index is 0.232. The largest absolute Gasteiger partial charge is 0.478 e. The minimum atomic E-state index is -4.80. The smallest absolute Gasteiger partial charge is 0.417 e.